The third-order valence-electron chi connectivity index (χ3n) is 3.01. The van der Waals surface area contributed by atoms with Crippen LogP contribution in [0.3, 0.4) is 0 Å². The van der Waals surface area contributed by atoms with Crippen LogP contribution in [0.15, 0.2) is 0 Å². The van der Waals surface area contributed by atoms with Gasteiger partial charge in [0.15, 0.2) is 0 Å². The summed E-state index contributed by atoms with van der Waals surface area (Å²) >= 11 is -0.899. The monoisotopic (exact) mass is 287 g/mol. The van der Waals surface area contributed by atoms with E-state index in [0.29, 0.717) is 0 Å². The molecule has 0 saturated heterocycles. The first-order valence-corrected chi connectivity index (χ1v) is 13.9. The zero-order valence-electron chi connectivity index (χ0n) is 9.97. The van der Waals surface area contributed by atoms with Crippen LogP contribution in [0.4, 0.5) is 0 Å². The van der Waals surface area contributed by atoms with E-state index < -0.39 is 21.4 Å². The van der Waals surface area contributed by atoms with Crippen molar-refractivity contribution in [2.45, 2.75) is 46.6 Å². The van der Waals surface area contributed by atoms with Crippen LogP contribution in [0, 0.1) is 0 Å². The second-order valence-corrected chi connectivity index (χ2v) is 14.3. The third kappa shape index (κ3) is 7.87. The van der Waals surface area contributed by atoms with Crippen molar-refractivity contribution in [3.05, 3.63) is 0 Å². The Morgan fingerprint density at radius 2 is 1.62 bits per heavy atom. The summed E-state index contributed by atoms with van der Waals surface area (Å²) in [7, 11) is 0. The maximum atomic E-state index is 2.57. The van der Waals surface area contributed by atoms with Crippen LogP contribution in [0.2, 0.25) is 13.0 Å². The molecule has 0 aliphatic rings. The fourth-order valence-electron chi connectivity index (χ4n) is 1.57. The molecule has 0 rings (SSSR count). The molecule has 0 atom stereocenters. The summed E-state index contributed by atoms with van der Waals surface area (Å²) in [6, 6.07) is 0. The van der Waals surface area contributed by atoms with Gasteiger partial charge in [-0.25, -0.2) is 0 Å². The van der Waals surface area contributed by atoms with E-state index in [4.69, 9.17) is 0 Å². The molecule has 0 amide bonds. The first kappa shape index (κ1) is 13.8. The molecule has 0 bridgehead atoms. The molecule has 0 fully saturated rings. The zero-order chi connectivity index (χ0) is 10.1. The first-order valence-electron chi connectivity index (χ1n) is 5.96. The average molecular weight is 287 g/mol. The van der Waals surface area contributed by atoms with E-state index in [1.807, 2.05) is 0 Å². The minimum atomic E-state index is -0.899. The van der Waals surface area contributed by atoms with Gasteiger partial charge in [0.05, 0.1) is 0 Å². The summed E-state index contributed by atoms with van der Waals surface area (Å²) in [5, 5.41) is 0. The van der Waals surface area contributed by atoms with Gasteiger partial charge in [-0.3, -0.25) is 0 Å². The standard InChI is InChI=1S/C8H18N.C2H5.CH3.In/c1-4-7-8-9(5-2)6-3;1-2;;/h1,4-8H2,2-3H3;1H2,2H3;1H3;. The van der Waals surface area contributed by atoms with Crippen molar-refractivity contribution in [3.63, 3.8) is 0 Å². The Morgan fingerprint density at radius 3 is 2.08 bits per heavy atom. The van der Waals surface area contributed by atoms with Crippen molar-refractivity contribution in [1.82, 2.24) is 4.90 Å². The summed E-state index contributed by atoms with van der Waals surface area (Å²) in [4.78, 5) is 2.53. The van der Waals surface area contributed by atoms with E-state index >= 15 is 0 Å². The molecule has 78 valence electrons. The van der Waals surface area contributed by atoms with Crippen molar-refractivity contribution >= 4 is 21.4 Å². The molecule has 0 aromatic rings. The Bertz CT molecular complexity index is 102. The van der Waals surface area contributed by atoms with Gasteiger partial charge in [-0.2, -0.15) is 0 Å². The summed E-state index contributed by atoms with van der Waals surface area (Å²) in [5.41, 5.74) is 0. The zero-order valence-corrected chi connectivity index (χ0v) is 13.3. The van der Waals surface area contributed by atoms with Gasteiger partial charge in [0.25, 0.3) is 0 Å². The van der Waals surface area contributed by atoms with Crippen LogP contribution in [0.5, 0.6) is 0 Å². The molecule has 2 heteroatoms. The fourth-order valence-corrected chi connectivity index (χ4v) is 5.55. The molecule has 13 heavy (non-hydrogen) atoms. The number of hydrogen-bond donors (Lipinski definition) is 0. The fraction of sp³-hybridized carbons (Fsp3) is 1.00. The van der Waals surface area contributed by atoms with Crippen LogP contribution in [-0.2, 0) is 0 Å². The van der Waals surface area contributed by atoms with Crippen molar-refractivity contribution < 1.29 is 0 Å². The molecular formula is C11H26InN. The van der Waals surface area contributed by atoms with Gasteiger partial charge >= 0.3 is 92.6 Å². The second-order valence-electron chi connectivity index (χ2n) is 4.04. The quantitative estimate of drug-likeness (QED) is 0.619. The van der Waals surface area contributed by atoms with Crippen molar-refractivity contribution in [2.75, 3.05) is 19.6 Å². The summed E-state index contributed by atoms with van der Waals surface area (Å²) in [5.74, 6) is 0. The van der Waals surface area contributed by atoms with Gasteiger partial charge in [0.1, 0.15) is 0 Å². The Kier molecular flexibility index (Phi) is 9.99. The van der Waals surface area contributed by atoms with E-state index in [1.165, 1.54) is 32.5 Å². The van der Waals surface area contributed by atoms with Gasteiger partial charge in [0, 0.05) is 0 Å². The Labute approximate surface area is 92.4 Å². The summed E-state index contributed by atoms with van der Waals surface area (Å²) < 4.78 is 5.74. The van der Waals surface area contributed by atoms with Crippen LogP contribution >= 0.6 is 0 Å². The van der Waals surface area contributed by atoms with E-state index in [2.05, 4.69) is 30.4 Å². The van der Waals surface area contributed by atoms with Crippen LogP contribution in [0.1, 0.15) is 33.6 Å². The van der Waals surface area contributed by atoms with Gasteiger partial charge in [-0.15, -0.1) is 0 Å². The van der Waals surface area contributed by atoms with E-state index in [0.717, 1.165) is 0 Å². The Morgan fingerprint density at radius 1 is 1.00 bits per heavy atom. The van der Waals surface area contributed by atoms with Crippen molar-refractivity contribution in [1.29, 1.82) is 0 Å². The van der Waals surface area contributed by atoms with Gasteiger partial charge in [0.2, 0.25) is 0 Å². The average Bonchev–Trinajstić information content (AvgIpc) is 2.18. The topological polar surface area (TPSA) is 3.24 Å². The van der Waals surface area contributed by atoms with E-state index in [1.54, 1.807) is 8.35 Å². The first-order chi connectivity index (χ1) is 6.24. The van der Waals surface area contributed by atoms with E-state index in [9.17, 15) is 0 Å². The molecule has 0 spiro atoms. The SMILES string of the molecule is CCN(CC)CCC[CH2][In]([CH3])[CH2]C. The van der Waals surface area contributed by atoms with Crippen LogP contribution in [0.25, 0.3) is 0 Å². The van der Waals surface area contributed by atoms with Gasteiger partial charge in [-0.05, 0) is 0 Å². The molecule has 0 aromatic carbocycles. The van der Waals surface area contributed by atoms with Crippen LogP contribution in [-0.4, -0.2) is 46.0 Å². The minimum absolute atomic E-state index is 0.899. The molecule has 0 aromatic heterocycles. The molecule has 0 heterocycles. The molecule has 1 nitrogen and oxygen atoms in total. The summed E-state index contributed by atoms with van der Waals surface area (Å²) in [6.07, 6.45) is 2.94. The Hall–Kier alpha value is 0.830. The molecule has 0 unspecified atom stereocenters. The second kappa shape index (κ2) is 9.39. The third-order valence-corrected chi connectivity index (χ3v) is 11.0. The molecule has 0 radical (unpaired) electrons. The van der Waals surface area contributed by atoms with Crippen LogP contribution < -0.4 is 0 Å². The van der Waals surface area contributed by atoms with Crippen molar-refractivity contribution in [3.8, 4) is 0 Å². The summed E-state index contributed by atoms with van der Waals surface area (Å²) in [6.45, 7) is 10.7. The molecule has 0 aliphatic carbocycles. The number of rotatable bonds is 8. The molecule has 0 aliphatic heterocycles. The predicted molar refractivity (Wildman–Crippen MR) is 63.9 cm³/mol. The normalized spacial score (nSPS) is 10.8. The predicted octanol–water partition coefficient (Wildman–Crippen LogP) is 3.25. The van der Waals surface area contributed by atoms with Gasteiger partial charge in [-0.1, -0.05) is 0 Å². The van der Waals surface area contributed by atoms with Crippen molar-refractivity contribution in [2.24, 2.45) is 0 Å². The van der Waals surface area contributed by atoms with E-state index in [-0.39, 0.29) is 0 Å². The number of nitrogens with zero attached hydrogens (tertiary/aromatic N) is 1. The molecule has 0 N–H and O–H groups in total. The molecule has 0 saturated carbocycles. The maximum absolute atomic E-state index is 2.57. The van der Waals surface area contributed by atoms with Gasteiger partial charge < -0.3 is 0 Å². The number of hydrogen-bond acceptors (Lipinski definition) is 1. The number of unbranched alkanes of at least 4 members (excludes halogenated alkanes) is 1. The Balaban J connectivity index is 3.23. The molecular weight excluding hydrogens is 261 g/mol.